The Bertz CT molecular complexity index is 607. The molecule has 1 aromatic heterocycles. The summed E-state index contributed by atoms with van der Waals surface area (Å²) in [6.45, 7) is 0. The Morgan fingerprint density at radius 3 is 2.68 bits per heavy atom. The maximum Gasteiger partial charge on any atom is 0.262 e. The molecule has 118 valence electrons. The third kappa shape index (κ3) is 4.14. The van der Waals surface area contributed by atoms with E-state index in [0.717, 1.165) is 30.2 Å². The Hall–Kier alpha value is -1.74. The van der Waals surface area contributed by atoms with Gasteiger partial charge in [0.15, 0.2) is 0 Å². The van der Waals surface area contributed by atoms with E-state index in [1.807, 2.05) is 25.1 Å². The van der Waals surface area contributed by atoms with E-state index in [1.165, 1.54) is 12.5 Å². The molecule has 1 aromatic rings. The molecule has 0 aromatic carbocycles. The van der Waals surface area contributed by atoms with Crippen molar-refractivity contribution in [2.75, 3.05) is 19.0 Å². The molecule has 0 bridgehead atoms. The highest BCUT2D eigenvalue weighted by molar-refractivity contribution is 9.10. The van der Waals surface area contributed by atoms with Crippen LogP contribution in [0.1, 0.15) is 37.9 Å². The van der Waals surface area contributed by atoms with E-state index >= 15 is 0 Å². The summed E-state index contributed by atoms with van der Waals surface area (Å²) in [4.78, 5) is 14.0. The molecular weight excluding hydrogens is 346 g/mol. The molecule has 1 N–H and O–H groups in total. The van der Waals surface area contributed by atoms with Gasteiger partial charge in [0.25, 0.3) is 5.91 Å². The first-order valence-corrected chi connectivity index (χ1v) is 8.20. The van der Waals surface area contributed by atoms with Crippen LogP contribution in [0.5, 0.6) is 0 Å². The SMILES string of the molecule is CN(C)c1oc(/C=C(/C#N)C(=O)NC2CCCCC2)cc1Br. The zero-order valence-corrected chi connectivity index (χ0v) is 14.4. The number of anilines is 1. The molecule has 6 heteroatoms. The molecule has 2 rings (SSSR count). The molecule has 0 radical (unpaired) electrons. The minimum atomic E-state index is -0.326. The maximum atomic E-state index is 12.2. The second-order valence-corrected chi connectivity index (χ2v) is 6.53. The second kappa shape index (κ2) is 7.50. The van der Waals surface area contributed by atoms with Gasteiger partial charge in [-0.15, -0.1) is 0 Å². The highest BCUT2D eigenvalue weighted by atomic mass is 79.9. The van der Waals surface area contributed by atoms with Crippen molar-refractivity contribution in [2.24, 2.45) is 0 Å². The number of nitrogens with zero attached hydrogens (tertiary/aromatic N) is 2. The molecule has 0 unspecified atom stereocenters. The normalized spacial score (nSPS) is 16.2. The number of nitrogens with one attached hydrogen (secondary N) is 1. The lowest BCUT2D eigenvalue weighted by atomic mass is 9.95. The quantitative estimate of drug-likeness (QED) is 0.655. The molecule has 0 atom stereocenters. The van der Waals surface area contributed by atoms with Gasteiger partial charge in [-0.1, -0.05) is 19.3 Å². The molecule has 1 saturated carbocycles. The molecule has 1 heterocycles. The van der Waals surface area contributed by atoms with Crippen molar-refractivity contribution in [1.82, 2.24) is 5.32 Å². The van der Waals surface area contributed by atoms with E-state index in [0.29, 0.717) is 11.6 Å². The lowest BCUT2D eigenvalue weighted by molar-refractivity contribution is -0.117. The number of furan rings is 1. The Kier molecular flexibility index (Phi) is 5.67. The third-order valence-corrected chi connectivity index (χ3v) is 4.25. The molecule has 0 spiro atoms. The number of carbonyl (C=O) groups excluding carboxylic acids is 1. The van der Waals surface area contributed by atoms with Crippen molar-refractivity contribution in [1.29, 1.82) is 5.26 Å². The van der Waals surface area contributed by atoms with E-state index in [-0.39, 0.29) is 17.5 Å². The number of halogens is 1. The third-order valence-electron chi connectivity index (χ3n) is 3.69. The van der Waals surface area contributed by atoms with Crippen molar-refractivity contribution in [3.63, 3.8) is 0 Å². The minimum absolute atomic E-state index is 0.0668. The number of hydrogen-bond acceptors (Lipinski definition) is 4. The summed E-state index contributed by atoms with van der Waals surface area (Å²) in [6.07, 6.45) is 6.95. The Morgan fingerprint density at radius 1 is 1.45 bits per heavy atom. The van der Waals surface area contributed by atoms with E-state index in [4.69, 9.17) is 4.42 Å². The molecule has 22 heavy (non-hydrogen) atoms. The van der Waals surface area contributed by atoms with Crippen LogP contribution in [0.3, 0.4) is 0 Å². The average molecular weight is 366 g/mol. The van der Waals surface area contributed by atoms with Gasteiger partial charge in [-0.3, -0.25) is 4.79 Å². The standard InChI is InChI=1S/C16H20BrN3O2/c1-20(2)16-14(17)9-13(22-16)8-11(10-18)15(21)19-12-6-4-3-5-7-12/h8-9,12H,3-7H2,1-2H3,(H,19,21)/b11-8-. The maximum absolute atomic E-state index is 12.2. The molecule has 1 aliphatic rings. The minimum Gasteiger partial charge on any atom is -0.440 e. The first kappa shape index (κ1) is 16.6. The largest absolute Gasteiger partial charge is 0.440 e. The van der Waals surface area contributed by atoms with Crippen LogP contribution in [0.2, 0.25) is 0 Å². The lowest BCUT2D eigenvalue weighted by Gasteiger charge is -2.22. The zero-order valence-electron chi connectivity index (χ0n) is 12.9. The van der Waals surface area contributed by atoms with Crippen molar-refractivity contribution in [3.05, 3.63) is 21.9 Å². The molecule has 0 aliphatic heterocycles. The highest BCUT2D eigenvalue weighted by Crippen LogP contribution is 2.30. The average Bonchev–Trinajstić information content (AvgIpc) is 2.86. The summed E-state index contributed by atoms with van der Waals surface area (Å²) >= 11 is 3.40. The first-order chi connectivity index (χ1) is 10.5. The summed E-state index contributed by atoms with van der Waals surface area (Å²) in [6, 6.07) is 3.89. The summed E-state index contributed by atoms with van der Waals surface area (Å²) in [7, 11) is 3.72. The van der Waals surface area contributed by atoms with Gasteiger partial charge in [-0.05, 0) is 28.8 Å². The highest BCUT2D eigenvalue weighted by Gasteiger charge is 2.19. The molecule has 1 aliphatic carbocycles. The van der Waals surface area contributed by atoms with Gasteiger partial charge in [0.2, 0.25) is 5.88 Å². The number of amides is 1. The number of rotatable bonds is 4. The lowest BCUT2D eigenvalue weighted by Crippen LogP contribution is -2.36. The number of hydrogen-bond donors (Lipinski definition) is 1. The summed E-state index contributed by atoms with van der Waals surface area (Å²) in [5, 5.41) is 12.2. The van der Waals surface area contributed by atoms with Crippen LogP contribution in [0.25, 0.3) is 6.08 Å². The summed E-state index contributed by atoms with van der Waals surface area (Å²) < 4.78 is 6.41. The first-order valence-electron chi connectivity index (χ1n) is 7.40. The molecular formula is C16H20BrN3O2. The summed E-state index contributed by atoms with van der Waals surface area (Å²) in [5.41, 5.74) is 0.0668. The smallest absolute Gasteiger partial charge is 0.262 e. The van der Waals surface area contributed by atoms with Crippen molar-refractivity contribution in [3.8, 4) is 6.07 Å². The van der Waals surface area contributed by atoms with Gasteiger partial charge >= 0.3 is 0 Å². The van der Waals surface area contributed by atoms with Gasteiger partial charge in [-0.2, -0.15) is 5.26 Å². The predicted octanol–water partition coefficient (Wildman–Crippen LogP) is 3.46. The second-order valence-electron chi connectivity index (χ2n) is 5.67. The van der Waals surface area contributed by atoms with E-state index < -0.39 is 0 Å². The molecule has 1 amide bonds. The van der Waals surface area contributed by atoms with E-state index in [9.17, 15) is 10.1 Å². The Labute approximate surface area is 139 Å². The molecule has 0 saturated heterocycles. The number of carbonyl (C=O) groups is 1. The van der Waals surface area contributed by atoms with E-state index in [1.54, 1.807) is 6.07 Å². The van der Waals surface area contributed by atoms with Crippen molar-refractivity contribution < 1.29 is 9.21 Å². The van der Waals surface area contributed by atoms with Crippen LogP contribution in [-0.2, 0) is 4.79 Å². The fraction of sp³-hybridized carbons (Fsp3) is 0.500. The zero-order chi connectivity index (χ0) is 16.1. The molecule has 1 fully saturated rings. The number of nitriles is 1. The van der Waals surface area contributed by atoms with Crippen molar-refractivity contribution >= 4 is 33.8 Å². The van der Waals surface area contributed by atoms with Crippen LogP contribution in [0, 0.1) is 11.3 Å². The fourth-order valence-corrected chi connectivity index (χ4v) is 3.21. The predicted molar refractivity (Wildman–Crippen MR) is 89.3 cm³/mol. The topological polar surface area (TPSA) is 69.3 Å². The fourth-order valence-electron chi connectivity index (χ4n) is 2.55. The monoisotopic (exact) mass is 365 g/mol. The van der Waals surface area contributed by atoms with Crippen LogP contribution in [0.4, 0.5) is 5.88 Å². The summed E-state index contributed by atoms with van der Waals surface area (Å²) in [5.74, 6) is 0.801. The van der Waals surface area contributed by atoms with Gasteiger partial charge in [-0.25, -0.2) is 0 Å². The Balaban J connectivity index is 2.11. The van der Waals surface area contributed by atoms with Crippen LogP contribution >= 0.6 is 15.9 Å². The van der Waals surface area contributed by atoms with Gasteiger partial charge in [0, 0.05) is 32.3 Å². The Morgan fingerprint density at radius 2 is 2.14 bits per heavy atom. The van der Waals surface area contributed by atoms with E-state index in [2.05, 4.69) is 21.2 Å². The van der Waals surface area contributed by atoms with Crippen LogP contribution in [-0.4, -0.2) is 26.0 Å². The van der Waals surface area contributed by atoms with Gasteiger partial charge in [0.1, 0.15) is 17.4 Å². The van der Waals surface area contributed by atoms with Gasteiger partial charge < -0.3 is 14.6 Å². The van der Waals surface area contributed by atoms with Crippen molar-refractivity contribution in [2.45, 2.75) is 38.1 Å². The van der Waals surface area contributed by atoms with Gasteiger partial charge in [0.05, 0.1) is 4.47 Å². The molecule has 5 nitrogen and oxygen atoms in total. The van der Waals surface area contributed by atoms with Crippen LogP contribution < -0.4 is 10.2 Å². The van der Waals surface area contributed by atoms with Crippen LogP contribution in [0.15, 0.2) is 20.5 Å².